The van der Waals surface area contributed by atoms with E-state index in [-0.39, 0.29) is 42.8 Å². The summed E-state index contributed by atoms with van der Waals surface area (Å²) in [4.78, 5) is 59.5. The number of rotatable bonds is 12. The number of carbonyl (C=O) groups excluding carboxylic acids is 4. The molecule has 248 valence electrons. The molecule has 10 nitrogen and oxygen atoms in total. The van der Waals surface area contributed by atoms with Gasteiger partial charge in [-0.25, -0.2) is 0 Å². The topological polar surface area (TPSA) is 114 Å². The average Bonchev–Trinajstić information content (AvgIpc) is 3.32. The molecule has 4 amide bonds. The Bertz CT molecular complexity index is 1340. The molecule has 2 aliphatic heterocycles. The van der Waals surface area contributed by atoms with Crippen LogP contribution in [0.4, 0.5) is 5.69 Å². The third-order valence-electron chi connectivity index (χ3n) is 9.49. The lowest BCUT2D eigenvalue weighted by atomic mass is 9.85. The number of amides is 4. The summed E-state index contributed by atoms with van der Waals surface area (Å²) in [6.45, 7) is 3.92. The van der Waals surface area contributed by atoms with E-state index in [1.54, 1.807) is 21.9 Å². The van der Waals surface area contributed by atoms with E-state index in [0.717, 1.165) is 43.4 Å². The van der Waals surface area contributed by atoms with Crippen LogP contribution in [0.1, 0.15) is 63.9 Å². The molecule has 1 aliphatic carbocycles. The molecule has 5 rings (SSSR count). The largest absolute Gasteiger partial charge is 0.352 e. The number of para-hydroxylation sites is 1. The maximum Gasteiger partial charge on any atom is 0.250 e. The van der Waals surface area contributed by atoms with E-state index in [9.17, 15) is 19.2 Å². The molecule has 0 bridgehead atoms. The van der Waals surface area contributed by atoms with E-state index in [2.05, 4.69) is 20.9 Å². The van der Waals surface area contributed by atoms with Gasteiger partial charge in [-0.15, -0.1) is 0 Å². The number of nitrogens with zero attached hydrogens (tertiary/aromatic N) is 3. The highest BCUT2D eigenvalue weighted by atomic mass is 35.5. The van der Waals surface area contributed by atoms with Crippen LogP contribution >= 0.6 is 11.6 Å². The first kappa shape index (κ1) is 33.7. The zero-order valence-corrected chi connectivity index (χ0v) is 27.6. The molecule has 3 N–H and O–H groups in total. The Morgan fingerprint density at radius 2 is 1.65 bits per heavy atom. The number of hydrogen-bond donors (Lipinski definition) is 3. The lowest BCUT2D eigenvalue weighted by Gasteiger charge is -2.44. The number of halogens is 1. The van der Waals surface area contributed by atoms with Gasteiger partial charge in [0.2, 0.25) is 17.7 Å². The van der Waals surface area contributed by atoms with Crippen molar-refractivity contribution in [2.24, 2.45) is 0 Å². The Morgan fingerprint density at radius 1 is 0.957 bits per heavy atom. The molecule has 1 saturated carbocycles. The Hall–Kier alpha value is -3.63. The van der Waals surface area contributed by atoms with Gasteiger partial charge in [0.1, 0.15) is 18.1 Å². The van der Waals surface area contributed by atoms with Crippen LogP contribution < -0.4 is 20.9 Å². The van der Waals surface area contributed by atoms with E-state index >= 15 is 0 Å². The quantitative estimate of drug-likeness (QED) is 0.303. The molecule has 2 saturated heterocycles. The standard InChI is InChI=1S/C35H47ClN6O4/c1-2-19-37-23-31(43)39-30(22-26-13-15-27(36)16-14-26)33(45)40-20-17-35(18-21-40)34(46)41(25-42(35)29-11-7-4-8-12-29)24-32(44)38-28-9-5-3-6-10-28/h4,7-8,11-16,28,30,37H,2-3,5-6,9-10,17-25H2,1H3,(H,38,44)(H,39,43). The maximum absolute atomic E-state index is 14.2. The molecule has 1 unspecified atom stereocenters. The highest BCUT2D eigenvalue weighted by Gasteiger charge is 2.54. The highest BCUT2D eigenvalue weighted by molar-refractivity contribution is 6.30. The van der Waals surface area contributed by atoms with Crippen LogP contribution in [0.15, 0.2) is 54.6 Å². The molecule has 11 heteroatoms. The summed E-state index contributed by atoms with van der Waals surface area (Å²) in [6.07, 6.45) is 7.49. The summed E-state index contributed by atoms with van der Waals surface area (Å²) >= 11 is 6.09. The van der Waals surface area contributed by atoms with Crippen LogP contribution in [0.25, 0.3) is 0 Å². The Morgan fingerprint density at radius 3 is 2.33 bits per heavy atom. The van der Waals surface area contributed by atoms with Crippen molar-refractivity contribution >= 4 is 40.9 Å². The van der Waals surface area contributed by atoms with Gasteiger partial charge >= 0.3 is 0 Å². The van der Waals surface area contributed by atoms with Gasteiger partial charge in [0.15, 0.2) is 0 Å². The Kier molecular flexibility index (Phi) is 11.6. The Labute approximate surface area is 277 Å². The predicted octanol–water partition coefficient (Wildman–Crippen LogP) is 3.48. The van der Waals surface area contributed by atoms with Crippen molar-refractivity contribution in [1.29, 1.82) is 0 Å². The van der Waals surface area contributed by atoms with E-state index in [1.807, 2.05) is 49.4 Å². The summed E-state index contributed by atoms with van der Waals surface area (Å²) in [7, 11) is 0. The molecule has 0 radical (unpaired) electrons. The fraction of sp³-hybridized carbons (Fsp3) is 0.543. The maximum atomic E-state index is 14.2. The van der Waals surface area contributed by atoms with Gasteiger partial charge in [-0.1, -0.05) is 68.1 Å². The summed E-state index contributed by atoms with van der Waals surface area (Å²) in [6, 6.07) is 16.5. The van der Waals surface area contributed by atoms with Crippen LogP contribution in [0, 0.1) is 0 Å². The summed E-state index contributed by atoms with van der Waals surface area (Å²) in [5, 5.41) is 9.80. The lowest BCUT2D eigenvalue weighted by Crippen LogP contribution is -2.60. The zero-order valence-electron chi connectivity index (χ0n) is 26.8. The minimum atomic E-state index is -0.859. The van der Waals surface area contributed by atoms with Crippen molar-refractivity contribution in [3.05, 3.63) is 65.2 Å². The van der Waals surface area contributed by atoms with Gasteiger partial charge in [-0.05, 0) is 68.5 Å². The van der Waals surface area contributed by atoms with Crippen LogP contribution in [0.5, 0.6) is 0 Å². The van der Waals surface area contributed by atoms with Gasteiger partial charge in [0.05, 0.1) is 13.2 Å². The molecule has 1 spiro atoms. The van der Waals surface area contributed by atoms with Gasteiger partial charge in [-0.3, -0.25) is 19.2 Å². The van der Waals surface area contributed by atoms with Crippen LogP contribution in [0.2, 0.25) is 5.02 Å². The number of piperidine rings is 1. The van der Waals surface area contributed by atoms with Crippen molar-refractivity contribution in [1.82, 2.24) is 25.8 Å². The zero-order chi connectivity index (χ0) is 32.5. The Balaban J connectivity index is 1.29. The van der Waals surface area contributed by atoms with Crippen LogP contribution in [0.3, 0.4) is 0 Å². The minimum Gasteiger partial charge on any atom is -0.352 e. The summed E-state index contributed by atoms with van der Waals surface area (Å²) in [5.74, 6) is -0.603. The van der Waals surface area contributed by atoms with Crippen molar-refractivity contribution in [2.75, 3.05) is 44.3 Å². The van der Waals surface area contributed by atoms with Crippen molar-refractivity contribution in [2.45, 2.75) is 82.3 Å². The summed E-state index contributed by atoms with van der Waals surface area (Å²) < 4.78 is 0. The summed E-state index contributed by atoms with van der Waals surface area (Å²) in [5.41, 5.74) is 0.946. The molecule has 3 fully saturated rings. The highest BCUT2D eigenvalue weighted by Crippen LogP contribution is 2.39. The molecule has 0 aromatic heterocycles. The number of likely N-dealkylation sites (tertiary alicyclic amines) is 1. The second-order valence-electron chi connectivity index (χ2n) is 12.8. The molecule has 3 aliphatic rings. The van der Waals surface area contributed by atoms with Crippen molar-refractivity contribution < 1.29 is 19.2 Å². The number of hydrogen-bond acceptors (Lipinski definition) is 6. The first-order valence-electron chi connectivity index (χ1n) is 16.7. The fourth-order valence-electron chi connectivity index (χ4n) is 7.01. The third-order valence-corrected chi connectivity index (χ3v) is 9.74. The molecule has 46 heavy (non-hydrogen) atoms. The number of anilines is 1. The monoisotopic (exact) mass is 650 g/mol. The van der Waals surface area contributed by atoms with Crippen LogP contribution in [-0.2, 0) is 25.6 Å². The van der Waals surface area contributed by atoms with Gasteiger partial charge in [0.25, 0.3) is 5.91 Å². The van der Waals surface area contributed by atoms with E-state index in [1.165, 1.54) is 6.42 Å². The van der Waals surface area contributed by atoms with Crippen molar-refractivity contribution in [3.63, 3.8) is 0 Å². The molecule has 2 aromatic carbocycles. The number of nitrogens with one attached hydrogen (secondary N) is 3. The minimum absolute atomic E-state index is 0.0182. The van der Waals surface area contributed by atoms with E-state index in [4.69, 9.17) is 11.6 Å². The van der Waals surface area contributed by atoms with E-state index in [0.29, 0.717) is 50.6 Å². The first-order chi connectivity index (χ1) is 22.3. The van der Waals surface area contributed by atoms with Crippen LogP contribution in [-0.4, -0.2) is 90.4 Å². The SMILES string of the molecule is CCCNCC(=O)NC(Cc1ccc(Cl)cc1)C(=O)N1CCC2(CC1)C(=O)N(CC(=O)NC1CCCCC1)CN2c1ccccc1. The second-order valence-corrected chi connectivity index (χ2v) is 13.2. The molecule has 2 heterocycles. The van der Waals surface area contributed by atoms with Gasteiger partial charge in [0, 0.05) is 36.3 Å². The van der Waals surface area contributed by atoms with E-state index < -0.39 is 11.6 Å². The molecule has 2 aromatic rings. The van der Waals surface area contributed by atoms with Crippen molar-refractivity contribution in [3.8, 4) is 0 Å². The smallest absolute Gasteiger partial charge is 0.250 e. The lowest BCUT2D eigenvalue weighted by molar-refractivity contribution is -0.141. The first-order valence-corrected chi connectivity index (χ1v) is 17.1. The normalized spacial score (nSPS) is 18.9. The van der Waals surface area contributed by atoms with Gasteiger partial charge in [-0.2, -0.15) is 0 Å². The predicted molar refractivity (Wildman–Crippen MR) is 179 cm³/mol. The average molecular weight is 651 g/mol. The number of carbonyl (C=O) groups is 4. The number of benzene rings is 2. The second kappa shape index (κ2) is 15.8. The molecular formula is C35H47ClN6O4. The van der Waals surface area contributed by atoms with Gasteiger partial charge < -0.3 is 30.7 Å². The molecular weight excluding hydrogens is 604 g/mol. The fourth-order valence-corrected chi connectivity index (χ4v) is 7.14. The molecule has 1 atom stereocenters. The third kappa shape index (κ3) is 8.20.